The molecule has 0 radical (unpaired) electrons. The van der Waals surface area contributed by atoms with E-state index in [4.69, 9.17) is 4.74 Å². The van der Waals surface area contributed by atoms with E-state index in [0.717, 1.165) is 21.3 Å². The van der Waals surface area contributed by atoms with Crippen molar-refractivity contribution in [2.45, 2.75) is 25.3 Å². The number of fused-ring (bicyclic) bond motifs is 1. The Morgan fingerprint density at radius 2 is 1.76 bits per heavy atom. The molecule has 0 saturated carbocycles. The van der Waals surface area contributed by atoms with Crippen LogP contribution in [0.1, 0.15) is 21.5 Å². The van der Waals surface area contributed by atoms with Crippen LogP contribution in [0.25, 0.3) is 10.2 Å². The molecule has 0 spiro atoms. The fourth-order valence-corrected chi connectivity index (χ4v) is 5.67. The highest BCUT2D eigenvalue weighted by Gasteiger charge is 2.15. The molecule has 1 aromatic heterocycles. The number of thiazole rings is 1. The van der Waals surface area contributed by atoms with Crippen molar-refractivity contribution in [2.75, 3.05) is 18.4 Å². The Labute approximate surface area is 202 Å². The van der Waals surface area contributed by atoms with E-state index in [9.17, 15) is 13.2 Å². The summed E-state index contributed by atoms with van der Waals surface area (Å²) in [5, 5.41) is 0. The monoisotopic (exact) mass is 495 g/mol. The number of methoxy groups -OCH3 is 1. The Balaban J connectivity index is 1.66. The maximum atomic E-state index is 13.0. The highest BCUT2D eigenvalue weighted by atomic mass is 32.2. The SMILES string of the molecule is COCCn1c(=NC(=O)c2cccc(NS(=O)(=O)c3ccc(C)cc3)c2)sc2cc(C)ccc21. The van der Waals surface area contributed by atoms with Crippen LogP contribution in [0.4, 0.5) is 5.69 Å². The van der Waals surface area contributed by atoms with E-state index in [-0.39, 0.29) is 10.5 Å². The van der Waals surface area contributed by atoms with Crippen LogP contribution in [0.2, 0.25) is 0 Å². The van der Waals surface area contributed by atoms with Gasteiger partial charge in [0.15, 0.2) is 4.80 Å². The van der Waals surface area contributed by atoms with Crippen molar-refractivity contribution in [1.29, 1.82) is 0 Å². The van der Waals surface area contributed by atoms with E-state index < -0.39 is 15.9 Å². The van der Waals surface area contributed by atoms with Crippen LogP contribution in [-0.2, 0) is 21.3 Å². The lowest BCUT2D eigenvalue weighted by Crippen LogP contribution is -2.19. The van der Waals surface area contributed by atoms with Gasteiger partial charge in [-0.15, -0.1) is 0 Å². The average molecular weight is 496 g/mol. The third kappa shape index (κ3) is 5.27. The predicted molar refractivity (Wildman–Crippen MR) is 135 cm³/mol. The molecule has 1 heterocycles. The molecule has 1 N–H and O–H groups in total. The molecule has 1 amide bonds. The van der Waals surface area contributed by atoms with E-state index in [0.29, 0.717) is 23.6 Å². The van der Waals surface area contributed by atoms with Gasteiger partial charge in [0.2, 0.25) is 0 Å². The molecule has 0 aliphatic rings. The van der Waals surface area contributed by atoms with Crippen LogP contribution < -0.4 is 9.52 Å². The number of aromatic nitrogens is 1. The van der Waals surface area contributed by atoms with E-state index in [1.165, 1.54) is 17.4 Å². The minimum absolute atomic E-state index is 0.152. The molecule has 9 heteroatoms. The molecule has 0 bridgehead atoms. The number of nitrogens with zero attached hydrogens (tertiary/aromatic N) is 2. The van der Waals surface area contributed by atoms with Crippen molar-refractivity contribution in [1.82, 2.24) is 4.57 Å². The van der Waals surface area contributed by atoms with Gasteiger partial charge < -0.3 is 9.30 Å². The smallest absolute Gasteiger partial charge is 0.279 e. The third-order valence-corrected chi connectivity index (χ3v) is 7.69. The molecule has 4 rings (SSSR count). The van der Waals surface area contributed by atoms with E-state index >= 15 is 0 Å². The molecular formula is C25H25N3O4S2. The second-order valence-corrected chi connectivity index (χ2v) is 10.6. The standard InChI is InChI=1S/C25H25N3O4S2/c1-17-7-10-21(11-8-17)34(30,31)27-20-6-4-5-19(16-20)24(29)26-25-28(13-14-32-3)22-12-9-18(2)15-23(22)33-25/h4-12,15-16,27H,13-14H2,1-3H3. The number of hydrogen-bond acceptors (Lipinski definition) is 5. The zero-order valence-electron chi connectivity index (χ0n) is 19.1. The Morgan fingerprint density at radius 3 is 2.50 bits per heavy atom. The number of benzene rings is 3. The zero-order chi connectivity index (χ0) is 24.3. The third-order valence-electron chi connectivity index (χ3n) is 5.25. The second-order valence-electron chi connectivity index (χ2n) is 7.92. The molecule has 0 aliphatic carbocycles. The van der Waals surface area contributed by atoms with E-state index in [2.05, 4.69) is 15.8 Å². The molecule has 0 aliphatic heterocycles. The Kier molecular flexibility index (Phi) is 6.97. The summed E-state index contributed by atoms with van der Waals surface area (Å²) in [6.45, 7) is 4.95. The van der Waals surface area contributed by atoms with Gasteiger partial charge in [-0.3, -0.25) is 9.52 Å². The number of amides is 1. The fraction of sp³-hybridized carbons (Fsp3) is 0.200. The van der Waals surface area contributed by atoms with Crippen molar-refractivity contribution in [3.05, 3.63) is 88.2 Å². The minimum atomic E-state index is -3.78. The predicted octanol–water partition coefficient (Wildman–Crippen LogP) is 4.51. The number of aryl methyl sites for hydroxylation is 2. The van der Waals surface area contributed by atoms with Gasteiger partial charge in [-0.25, -0.2) is 8.42 Å². The molecule has 34 heavy (non-hydrogen) atoms. The van der Waals surface area contributed by atoms with Gasteiger partial charge in [0.05, 0.1) is 21.7 Å². The Hall–Kier alpha value is -3.27. The quantitative estimate of drug-likeness (QED) is 0.409. The number of sulfonamides is 1. The van der Waals surface area contributed by atoms with E-state index in [1.54, 1.807) is 49.6 Å². The number of rotatable bonds is 7. The molecule has 0 fully saturated rings. The maximum Gasteiger partial charge on any atom is 0.279 e. The summed E-state index contributed by atoms with van der Waals surface area (Å²) in [5.74, 6) is -0.453. The highest BCUT2D eigenvalue weighted by molar-refractivity contribution is 7.92. The zero-order valence-corrected chi connectivity index (χ0v) is 20.7. The van der Waals surface area contributed by atoms with Gasteiger partial charge in [0.25, 0.3) is 15.9 Å². The first-order valence-corrected chi connectivity index (χ1v) is 12.9. The largest absolute Gasteiger partial charge is 0.383 e. The maximum absolute atomic E-state index is 13.0. The number of anilines is 1. The second kappa shape index (κ2) is 9.92. The van der Waals surface area contributed by atoms with Gasteiger partial charge in [-0.1, -0.05) is 41.2 Å². The summed E-state index contributed by atoms with van der Waals surface area (Å²) in [4.78, 5) is 18.1. The minimum Gasteiger partial charge on any atom is -0.383 e. The van der Waals surface area contributed by atoms with Crippen molar-refractivity contribution in [2.24, 2.45) is 4.99 Å². The molecule has 4 aromatic rings. The number of carbonyl (C=O) groups excluding carboxylic acids is 1. The van der Waals surface area contributed by atoms with Crippen LogP contribution in [0.15, 0.2) is 76.6 Å². The van der Waals surface area contributed by atoms with Gasteiger partial charge in [0.1, 0.15) is 0 Å². The fourth-order valence-electron chi connectivity index (χ4n) is 3.46. The van der Waals surface area contributed by atoms with Crippen molar-refractivity contribution >= 4 is 43.2 Å². The molecule has 7 nitrogen and oxygen atoms in total. The van der Waals surface area contributed by atoms with Crippen molar-refractivity contribution < 1.29 is 17.9 Å². The lowest BCUT2D eigenvalue weighted by atomic mass is 10.2. The average Bonchev–Trinajstić information content (AvgIpc) is 3.13. The molecule has 0 saturated heterocycles. The van der Waals surface area contributed by atoms with Gasteiger partial charge in [-0.05, 0) is 61.9 Å². The van der Waals surface area contributed by atoms with Gasteiger partial charge in [-0.2, -0.15) is 4.99 Å². The van der Waals surface area contributed by atoms with Crippen molar-refractivity contribution in [3.8, 4) is 0 Å². The molecular weight excluding hydrogens is 470 g/mol. The summed E-state index contributed by atoms with van der Waals surface area (Å²) in [7, 11) is -2.15. The molecule has 0 unspecified atom stereocenters. The normalized spacial score (nSPS) is 12.3. The van der Waals surface area contributed by atoms with Gasteiger partial charge in [0, 0.05) is 24.9 Å². The lowest BCUT2D eigenvalue weighted by Gasteiger charge is -2.09. The summed E-state index contributed by atoms with van der Waals surface area (Å²) >= 11 is 1.43. The summed E-state index contributed by atoms with van der Waals surface area (Å²) < 4.78 is 36.2. The number of nitrogens with one attached hydrogen (secondary N) is 1. The Bertz CT molecular complexity index is 1520. The van der Waals surface area contributed by atoms with Crippen LogP contribution in [0, 0.1) is 13.8 Å². The van der Waals surface area contributed by atoms with Crippen LogP contribution in [-0.4, -0.2) is 32.6 Å². The summed E-state index contributed by atoms with van der Waals surface area (Å²) in [5.41, 5.74) is 3.65. The lowest BCUT2D eigenvalue weighted by molar-refractivity contribution is 0.0997. The van der Waals surface area contributed by atoms with Crippen LogP contribution >= 0.6 is 11.3 Å². The number of ether oxygens (including phenoxy) is 1. The summed E-state index contributed by atoms with van der Waals surface area (Å²) in [6, 6.07) is 19.0. The topological polar surface area (TPSA) is 89.8 Å². The van der Waals surface area contributed by atoms with Crippen LogP contribution in [0.5, 0.6) is 0 Å². The van der Waals surface area contributed by atoms with Crippen LogP contribution in [0.3, 0.4) is 0 Å². The molecule has 176 valence electrons. The highest BCUT2D eigenvalue weighted by Crippen LogP contribution is 2.20. The van der Waals surface area contributed by atoms with Gasteiger partial charge >= 0.3 is 0 Å². The van der Waals surface area contributed by atoms with E-state index in [1.807, 2.05) is 30.5 Å². The first kappa shape index (κ1) is 23.9. The van der Waals surface area contributed by atoms with Crippen molar-refractivity contribution in [3.63, 3.8) is 0 Å². The Morgan fingerprint density at radius 1 is 1.03 bits per heavy atom. The molecule has 0 atom stereocenters. The molecule has 3 aromatic carbocycles. The first-order chi connectivity index (χ1) is 16.3. The summed E-state index contributed by atoms with van der Waals surface area (Å²) in [6.07, 6.45) is 0. The number of hydrogen-bond donors (Lipinski definition) is 1. The first-order valence-electron chi connectivity index (χ1n) is 10.6. The number of carbonyl (C=O) groups is 1.